The normalized spacial score (nSPS) is 11.5. The molecule has 0 radical (unpaired) electrons. The van der Waals surface area contributed by atoms with Crippen LogP contribution in [0, 0.1) is 10.1 Å². The van der Waals surface area contributed by atoms with E-state index in [0.717, 1.165) is 25.3 Å². The van der Waals surface area contributed by atoms with Crippen LogP contribution in [-0.4, -0.2) is 19.9 Å². The van der Waals surface area contributed by atoms with E-state index in [4.69, 9.17) is 15.4 Å². The number of benzene rings is 1. The Kier molecular flexibility index (Phi) is 10.6. The Labute approximate surface area is 160 Å². The first-order valence-electron chi connectivity index (χ1n) is 9.22. The Morgan fingerprint density at radius 1 is 1.00 bits per heavy atom. The van der Waals surface area contributed by atoms with Crippen molar-refractivity contribution < 1.29 is 18.1 Å². The largest absolute Gasteiger partial charge is 0.492 e. The van der Waals surface area contributed by atoms with Crippen molar-refractivity contribution in [3.8, 4) is 5.75 Å². The zero-order chi connectivity index (χ0) is 19.4. The number of non-ortho nitro benzene ring substituents is 1. The Morgan fingerprint density at radius 3 is 2.04 bits per heavy atom. The number of hydrogen-bond acceptors (Lipinski definition) is 5. The standard InChI is InChI=1S/C18H28ClNO5S/c1-2-3-4-5-6-7-8-9-10-11-14-25-17-13-12-16(20(21)22)15-18(17)26(19,23)24/h12-13,15H,2-11,14H2,1H3. The molecule has 0 atom stereocenters. The van der Waals surface area contributed by atoms with E-state index in [-0.39, 0.29) is 16.3 Å². The van der Waals surface area contributed by atoms with Crippen molar-refractivity contribution in [2.45, 2.75) is 76.0 Å². The minimum atomic E-state index is -4.11. The van der Waals surface area contributed by atoms with Gasteiger partial charge in [0, 0.05) is 22.8 Å². The number of hydrogen-bond donors (Lipinski definition) is 0. The number of halogens is 1. The van der Waals surface area contributed by atoms with Gasteiger partial charge in [-0.1, -0.05) is 64.7 Å². The molecule has 0 bridgehead atoms. The van der Waals surface area contributed by atoms with Crippen LogP contribution in [0.1, 0.15) is 71.1 Å². The van der Waals surface area contributed by atoms with Gasteiger partial charge in [0.25, 0.3) is 14.7 Å². The molecular formula is C18H28ClNO5S. The zero-order valence-electron chi connectivity index (χ0n) is 15.3. The molecule has 0 saturated heterocycles. The van der Waals surface area contributed by atoms with E-state index in [1.165, 1.54) is 57.1 Å². The number of nitrogens with zero attached hydrogens (tertiary/aromatic N) is 1. The van der Waals surface area contributed by atoms with Gasteiger partial charge in [-0.3, -0.25) is 10.1 Å². The molecule has 0 fully saturated rings. The molecule has 1 aromatic rings. The van der Waals surface area contributed by atoms with Crippen LogP contribution in [0.25, 0.3) is 0 Å². The highest BCUT2D eigenvalue weighted by Gasteiger charge is 2.21. The van der Waals surface area contributed by atoms with E-state index in [1.807, 2.05) is 0 Å². The van der Waals surface area contributed by atoms with Crippen LogP contribution in [0.5, 0.6) is 5.75 Å². The molecule has 26 heavy (non-hydrogen) atoms. The maximum atomic E-state index is 11.6. The van der Waals surface area contributed by atoms with Crippen LogP contribution < -0.4 is 4.74 Å². The number of nitro groups is 1. The van der Waals surface area contributed by atoms with Crippen molar-refractivity contribution in [2.75, 3.05) is 6.61 Å². The molecule has 148 valence electrons. The first kappa shape index (κ1) is 22.7. The number of unbranched alkanes of at least 4 members (excludes halogenated alkanes) is 9. The highest BCUT2D eigenvalue weighted by Crippen LogP contribution is 2.31. The third-order valence-corrected chi connectivity index (χ3v) is 5.50. The van der Waals surface area contributed by atoms with Gasteiger partial charge in [-0.05, 0) is 12.5 Å². The third-order valence-electron chi connectivity index (χ3n) is 4.16. The van der Waals surface area contributed by atoms with Gasteiger partial charge in [0.1, 0.15) is 10.6 Å². The fourth-order valence-corrected chi connectivity index (χ4v) is 3.68. The Hall–Kier alpha value is -1.34. The smallest absolute Gasteiger partial charge is 0.271 e. The fourth-order valence-electron chi connectivity index (χ4n) is 2.69. The van der Waals surface area contributed by atoms with Gasteiger partial charge < -0.3 is 4.74 Å². The van der Waals surface area contributed by atoms with Crippen molar-refractivity contribution >= 4 is 25.4 Å². The van der Waals surface area contributed by atoms with Crippen LogP contribution in [0.2, 0.25) is 0 Å². The summed E-state index contributed by atoms with van der Waals surface area (Å²) in [6, 6.07) is 3.42. The van der Waals surface area contributed by atoms with Crippen molar-refractivity contribution in [1.29, 1.82) is 0 Å². The van der Waals surface area contributed by atoms with Gasteiger partial charge in [0.2, 0.25) is 0 Å². The predicted molar refractivity (Wildman–Crippen MR) is 103 cm³/mol. The predicted octanol–water partition coefficient (Wildman–Crippen LogP) is 5.82. The lowest BCUT2D eigenvalue weighted by Gasteiger charge is -2.09. The molecule has 0 aliphatic heterocycles. The molecular weight excluding hydrogens is 378 g/mol. The minimum Gasteiger partial charge on any atom is -0.492 e. The molecule has 6 nitrogen and oxygen atoms in total. The maximum Gasteiger partial charge on any atom is 0.271 e. The third kappa shape index (κ3) is 8.85. The summed E-state index contributed by atoms with van der Waals surface area (Å²) < 4.78 is 28.7. The summed E-state index contributed by atoms with van der Waals surface area (Å²) in [7, 11) is 1.24. The minimum absolute atomic E-state index is 0.0570. The summed E-state index contributed by atoms with van der Waals surface area (Å²) in [4.78, 5) is 9.75. The van der Waals surface area contributed by atoms with Gasteiger partial charge in [-0.2, -0.15) is 0 Å². The molecule has 1 aromatic carbocycles. The maximum absolute atomic E-state index is 11.6. The van der Waals surface area contributed by atoms with Crippen LogP contribution in [-0.2, 0) is 9.05 Å². The first-order chi connectivity index (χ1) is 12.4. The number of rotatable bonds is 14. The summed E-state index contributed by atoms with van der Waals surface area (Å²) >= 11 is 0. The molecule has 0 aliphatic rings. The van der Waals surface area contributed by atoms with Gasteiger partial charge in [0.15, 0.2) is 0 Å². The Morgan fingerprint density at radius 2 is 1.54 bits per heavy atom. The molecule has 0 heterocycles. The van der Waals surface area contributed by atoms with Crippen LogP contribution in [0.4, 0.5) is 5.69 Å². The summed E-state index contributed by atoms with van der Waals surface area (Å²) in [5, 5.41) is 10.8. The summed E-state index contributed by atoms with van der Waals surface area (Å²) in [5.41, 5.74) is -0.337. The van der Waals surface area contributed by atoms with Gasteiger partial charge in [-0.25, -0.2) is 8.42 Å². The van der Waals surface area contributed by atoms with E-state index in [9.17, 15) is 18.5 Å². The van der Waals surface area contributed by atoms with Crippen LogP contribution in [0.3, 0.4) is 0 Å². The molecule has 0 amide bonds. The second kappa shape index (κ2) is 12.1. The second-order valence-electron chi connectivity index (χ2n) is 6.36. The quantitative estimate of drug-likeness (QED) is 0.168. The average Bonchev–Trinajstić information content (AvgIpc) is 2.58. The molecule has 0 N–H and O–H groups in total. The molecule has 0 unspecified atom stereocenters. The van der Waals surface area contributed by atoms with Crippen molar-refractivity contribution in [2.24, 2.45) is 0 Å². The lowest BCUT2D eigenvalue weighted by molar-refractivity contribution is -0.385. The highest BCUT2D eigenvalue weighted by molar-refractivity contribution is 8.13. The lowest BCUT2D eigenvalue weighted by atomic mass is 10.1. The topological polar surface area (TPSA) is 86.5 Å². The summed E-state index contributed by atoms with van der Waals surface area (Å²) in [6.07, 6.45) is 11.9. The lowest BCUT2D eigenvalue weighted by Crippen LogP contribution is -2.03. The number of ether oxygens (including phenoxy) is 1. The van der Waals surface area contributed by atoms with Crippen molar-refractivity contribution in [3.05, 3.63) is 28.3 Å². The van der Waals surface area contributed by atoms with E-state index in [2.05, 4.69) is 6.92 Å². The molecule has 8 heteroatoms. The molecule has 0 saturated carbocycles. The monoisotopic (exact) mass is 405 g/mol. The molecule has 0 aliphatic carbocycles. The average molecular weight is 406 g/mol. The molecule has 1 rings (SSSR count). The molecule has 0 spiro atoms. The first-order valence-corrected chi connectivity index (χ1v) is 11.5. The number of nitro benzene ring substituents is 1. The SMILES string of the molecule is CCCCCCCCCCCCOc1ccc([N+](=O)[O-])cc1S(=O)(=O)Cl. The van der Waals surface area contributed by atoms with Gasteiger partial charge >= 0.3 is 0 Å². The Balaban J connectivity index is 2.32. The van der Waals surface area contributed by atoms with Crippen molar-refractivity contribution in [3.63, 3.8) is 0 Å². The summed E-state index contributed by atoms with van der Waals surface area (Å²) in [6.45, 7) is 2.57. The Bertz CT molecular complexity index is 664. The zero-order valence-corrected chi connectivity index (χ0v) is 16.9. The van der Waals surface area contributed by atoms with Gasteiger partial charge in [0.05, 0.1) is 11.5 Å². The van der Waals surface area contributed by atoms with Crippen molar-refractivity contribution in [1.82, 2.24) is 0 Å². The van der Waals surface area contributed by atoms with Crippen LogP contribution >= 0.6 is 10.7 Å². The highest BCUT2D eigenvalue weighted by atomic mass is 35.7. The van der Waals surface area contributed by atoms with E-state index in [1.54, 1.807) is 0 Å². The van der Waals surface area contributed by atoms with Gasteiger partial charge in [-0.15, -0.1) is 0 Å². The van der Waals surface area contributed by atoms with E-state index < -0.39 is 14.0 Å². The van der Waals surface area contributed by atoms with E-state index in [0.29, 0.717) is 6.61 Å². The van der Waals surface area contributed by atoms with Crippen LogP contribution in [0.15, 0.2) is 23.1 Å². The fraction of sp³-hybridized carbons (Fsp3) is 0.667. The second-order valence-corrected chi connectivity index (χ2v) is 8.89. The summed E-state index contributed by atoms with van der Waals surface area (Å²) in [5.74, 6) is 0.0570. The molecule has 0 aromatic heterocycles. The van der Waals surface area contributed by atoms with E-state index >= 15 is 0 Å².